The van der Waals surface area contributed by atoms with Crippen molar-refractivity contribution in [3.05, 3.63) is 45.9 Å². The van der Waals surface area contributed by atoms with Crippen LogP contribution in [0.3, 0.4) is 0 Å². The molecular formula is C15H13N7O2S. The van der Waals surface area contributed by atoms with E-state index in [9.17, 15) is 9.59 Å². The molecule has 4 aromatic rings. The fourth-order valence-electron chi connectivity index (χ4n) is 2.52. The molecule has 10 heteroatoms. The average Bonchev–Trinajstić information content (AvgIpc) is 3.21. The van der Waals surface area contributed by atoms with E-state index in [1.165, 1.54) is 27.5 Å². The normalized spacial score (nSPS) is 11.5. The molecule has 0 aliphatic heterocycles. The number of carbonyl (C=O) groups is 1. The van der Waals surface area contributed by atoms with E-state index in [-0.39, 0.29) is 11.5 Å². The number of amides is 1. The predicted molar refractivity (Wildman–Crippen MR) is 93.1 cm³/mol. The zero-order valence-electron chi connectivity index (χ0n) is 13.3. The lowest BCUT2D eigenvalue weighted by molar-refractivity contribution is 0.102. The Morgan fingerprint density at radius 3 is 2.92 bits per heavy atom. The number of thiazole rings is 1. The monoisotopic (exact) mass is 355 g/mol. The molecule has 0 atom stereocenters. The molecule has 0 unspecified atom stereocenters. The Hall–Kier alpha value is -3.14. The highest BCUT2D eigenvalue weighted by Gasteiger charge is 2.18. The van der Waals surface area contributed by atoms with Crippen LogP contribution in [0.15, 0.2) is 29.2 Å². The maximum absolute atomic E-state index is 12.8. The number of rotatable bonds is 3. The summed E-state index contributed by atoms with van der Waals surface area (Å²) in [6.07, 6.45) is 1.27. The molecule has 1 amide bonds. The van der Waals surface area contributed by atoms with Crippen LogP contribution in [0.5, 0.6) is 0 Å². The number of carbonyl (C=O) groups excluding carboxylic acids is 1. The summed E-state index contributed by atoms with van der Waals surface area (Å²) in [6.45, 7) is 4.22. The number of anilines is 1. The molecule has 2 N–H and O–H groups in total. The first-order chi connectivity index (χ1) is 12.0. The molecule has 0 saturated heterocycles. The third-order valence-electron chi connectivity index (χ3n) is 3.84. The van der Waals surface area contributed by atoms with E-state index in [1.807, 2.05) is 12.1 Å². The van der Waals surface area contributed by atoms with Crippen LogP contribution in [0.4, 0.5) is 5.95 Å². The molecule has 0 fully saturated rings. The van der Waals surface area contributed by atoms with Gasteiger partial charge < -0.3 is 0 Å². The van der Waals surface area contributed by atoms with Gasteiger partial charge in [0.25, 0.3) is 11.5 Å². The second kappa shape index (κ2) is 5.74. The van der Waals surface area contributed by atoms with E-state index in [4.69, 9.17) is 0 Å². The van der Waals surface area contributed by atoms with Crippen LogP contribution >= 0.6 is 11.3 Å². The lowest BCUT2D eigenvalue weighted by atomic mass is 10.0. The fourth-order valence-corrected chi connectivity index (χ4v) is 3.56. The molecule has 0 bridgehead atoms. The van der Waals surface area contributed by atoms with E-state index in [0.29, 0.717) is 10.9 Å². The van der Waals surface area contributed by atoms with Gasteiger partial charge in [-0.1, -0.05) is 36.3 Å². The summed E-state index contributed by atoms with van der Waals surface area (Å²) in [6, 6.07) is 5.93. The van der Waals surface area contributed by atoms with Crippen LogP contribution in [-0.2, 0) is 0 Å². The van der Waals surface area contributed by atoms with Crippen LogP contribution < -0.4 is 10.9 Å². The van der Waals surface area contributed by atoms with Gasteiger partial charge in [-0.2, -0.15) is 0 Å². The van der Waals surface area contributed by atoms with Crippen molar-refractivity contribution in [2.45, 2.75) is 19.8 Å². The van der Waals surface area contributed by atoms with Crippen LogP contribution in [0.25, 0.3) is 15.2 Å². The third kappa shape index (κ3) is 2.56. The Balaban J connectivity index is 1.85. The van der Waals surface area contributed by atoms with Crippen LogP contribution in [0, 0.1) is 0 Å². The number of hydrogen-bond acceptors (Lipinski definition) is 7. The topological polar surface area (TPSA) is 118 Å². The number of hydrogen-bond donors (Lipinski definition) is 2. The van der Waals surface area contributed by atoms with Gasteiger partial charge in [0.1, 0.15) is 5.56 Å². The fraction of sp³-hybridized carbons (Fsp3) is 0.200. The number of fused-ring (bicyclic) bond motifs is 3. The van der Waals surface area contributed by atoms with Gasteiger partial charge in [-0.05, 0) is 34.0 Å². The van der Waals surface area contributed by atoms with Crippen molar-refractivity contribution in [3.63, 3.8) is 0 Å². The summed E-state index contributed by atoms with van der Waals surface area (Å²) in [5, 5.41) is 15.1. The Morgan fingerprint density at radius 2 is 2.20 bits per heavy atom. The van der Waals surface area contributed by atoms with E-state index < -0.39 is 11.5 Å². The number of aromatic amines is 1. The van der Waals surface area contributed by atoms with Gasteiger partial charge in [0.2, 0.25) is 5.95 Å². The molecule has 9 nitrogen and oxygen atoms in total. The highest BCUT2D eigenvalue weighted by Crippen LogP contribution is 2.27. The van der Waals surface area contributed by atoms with Gasteiger partial charge in [0, 0.05) is 6.20 Å². The molecule has 0 aliphatic rings. The van der Waals surface area contributed by atoms with Crippen molar-refractivity contribution in [1.29, 1.82) is 0 Å². The van der Waals surface area contributed by atoms with Crippen molar-refractivity contribution in [1.82, 2.24) is 30.0 Å². The molecule has 25 heavy (non-hydrogen) atoms. The van der Waals surface area contributed by atoms with Gasteiger partial charge in [0.05, 0.1) is 10.2 Å². The average molecular weight is 355 g/mol. The Bertz CT molecular complexity index is 1140. The summed E-state index contributed by atoms with van der Waals surface area (Å²) >= 11 is 1.41. The highest BCUT2D eigenvalue weighted by molar-refractivity contribution is 7.23. The van der Waals surface area contributed by atoms with Crippen LogP contribution in [0.2, 0.25) is 0 Å². The van der Waals surface area contributed by atoms with Crippen molar-refractivity contribution < 1.29 is 4.79 Å². The number of benzene rings is 1. The van der Waals surface area contributed by atoms with Crippen molar-refractivity contribution in [2.75, 3.05) is 5.32 Å². The Morgan fingerprint density at radius 1 is 1.36 bits per heavy atom. The largest absolute Gasteiger partial charge is 0.289 e. The second-order valence-corrected chi connectivity index (χ2v) is 6.79. The zero-order valence-corrected chi connectivity index (χ0v) is 14.2. The smallest absolute Gasteiger partial charge is 0.271 e. The van der Waals surface area contributed by atoms with E-state index in [1.54, 1.807) is 0 Å². The van der Waals surface area contributed by atoms with Gasteiger partial charge in [0.15, 0.2) is 4.96 Å². The SMILES string of the molecule is CC(C)c1ccc2c(c1)sc1ncc(C(=O)Nc3nnn[nH]3)c(=O)n12. The van der Waals surface area contributed by atoms with Crippen LogP contribution in [0.1, 0.15) is 35.7 Å². The lowest BCUT2D eigenvalue weighted by Gasteiger charge is -2.04. The highest BCUT2D eigenvalue weighted by atomic mass is 32.1. The predicted octanol–water partition coefficient (Wildman–Crippen LogP) is 1.80. The number of H-pyrrole nitrogens is 1. The number of nitrogens with one attached hydrogen (secondary N) is 2. The summed E-state index contributed by atoms with van der Waals surface area (Å²) in [7, 11) is 0. The van der Waals surface area contributed by atoms with Crippen molar-refractivity contribution in [3.8, 4) is 0 Å². The lowest BCUT2D eigenvalue weighted by Crippen LogP contribution is -2.26. The Labute approximate surface area is 144 Å². The summed E-state index contributed by atoms with van der Waals surface area (Å²) in [4.78, 5) is 29.9. The minimum atomic E-state index is -0.622. The minimum absolute atomic E-state index is 0.0613. The van der Waals surface area contributed by atoms with Gasteiger partial charge in [-0.25, -0.2) is 10.1 Å². The number of tetrazole rings is 1. The maximum atomic E-state index is 12.8. The molecule has 0 saturated carbocycles. The van der Waals surface area contributed by atoms with Gasteiger partial charge in [-0.15, -0.1) is 0 Å². The van der Waals surface area contributed by atoms with E-state index in [0.717, 1.165) is 10.2 Å². The zero-order chi connectivity index (χ0) is 17.6. The number of aromatic nitrogens is 6. The van der Waals surface area contributed by atoms with E-state index in [2.05, 4.69) is 50.8 Å². The summed E-state index contributed by atoms with van der Waals surface area (Å²) in [5.41, 5.74) is 1.40. The van der Waals surface area contributed by atoms with E-state index >= 15 is 0 Å². The molecule has 0 radical (unpaired) electrons. The Kier molecular flexibility index (Phi) is 3.53. The molecular weight excluding hydrogens is 342 g/mol. The van der Waals surface area contributed by atoms with Gasteiger partial charge >= 0.3 is 0 Å². The first kappa shape index (κ1) is 15.4. The van der Waals surface area contributed by atoms with Gasteiger partial charge in [-0.3, -0.25) is 19.3 Å². The van der Waals surface area contributed by atoms with Crippen molar-refractivity contribution in [2.24, 2.45) is 0 Å². The molecule has 1 aromatic carbocycles. The quantitative estimate of drug-likeness (QED) is 0.578. The summed E-state index contributed by atoms with van der Waals surface area (Å²) < 4.78 is 2.41. The van der Waals surface area contributed by atoms with Crippen LogP contribution in [-0.4, -0.2) is 35.9 Å². The third-order valence-corrected chi connectivity index (χ3v) is 4.86. The molecule has 3 heterocycles. The molecule has 0 aliphatic carbocycles. The molecule has 126 valence electrons. The maximum Gasteiger partial charge on any atom is 0.271 e. The molecule has 3 aromatic heterocycles. The molecule has 0 spiro atoms. The summed E-state index contributed by atoms with van der Waals surface area (Å²) in [5.74, 6) is -0.175. The molecule has 4 rings (SSSR count). The minimum Gasteiger partial charge on any atom is -0.289 e. The first-order valence-electron chi connectivity index (χ1n) is 7.54. The van der Waals surface area contributed by atoms with Crippen molar-refractivity contribution >= 4 is 38.4 Å². The first-order valence-corrected chi connectivity index (χ1v) is 8.35. The standard InChI is InChI=1S/C15H13N7O2S/c1-7(2)8-3-4-10-11(5-8)25-15-16-6-9(13(24)22(10)15)12(23)17-14-18-20-21-19-14/h3-7H,1-2H3,(H2,17,18,19,20,21,23). The number of nitrogens with zero attached hydrogens (tertiary/aromatic N) is 5. The second-order valence-electron chi connectivity index (χ2n) is 5.78.